The molecular weight excluding hydrogens is 200 g/mol. The van der Waals surface area contributed by atoms with E-state index in [-0.39, 0.29) is 0 Å². The second-order valence-corrected chi connectivity index (χ2v) is 3.77. The van der Waals surface area contributed by atoms with E-state index in [0.717, 1.165) is 25.5 Å². The fourth-order valence-corrected chi connectivity index (χ4v) is 1.81. The summed E-state index contributed by atoms with van der Waals surface area (Å²) in [5, 5.41) is 3.64. The lowest BCUT2D eigenvalue weighted by Crippen LogP contribution is -2.50. The first-order valence-electron chi connectivity index (χ1n) is 4.73. The number of halogens is 1. The fourth-order valence-electron chi connectivity index (χ4n) is 1.67. The lowest BCUT2D eigenvalue weighted by atomic mass is 10.2. The van der Waals surface area contributed by atoms with Gasteiger partial charge >= 0.3 is 0 Å². The first kappa shape index (κ1) is 9.68. The molecule has 2 heterocycles. The third-order valence-electron chi connectivity index (χ3n) is 2.41. The van der Waals surface area contributed by atoms with Crippen molar-refractivity contribution in [3.63, 3.8) is 0 Å². The van der Waals surface area contributed by atoms with Gasteiger partial charge in [0.2, 0.25) is 5.28 Å². The lowest BCUT2D eigenvalue weighted by Gasteiger charge is -2.34. The normalized spacial score (nSPS) is 22.4. The van der Waals surface area contributed by atoms with Crippen molar-refractivity contribution in [2.45, 2.75) is 13.0 Å². The quantitative estimate of drug-likeness (QED) is 0.704. The average Bonchev–Trinajstić information content (AvgIpc) is 2.18. The maximum Gasteiger partial charge on any atom is 0.224 e. The molecule has 0 aliphatic carbocycles. The molecule has 0 saturated carbocycles. The van der Waals surface area contributed by atoms with Crippen molar-refractivity contribution in [1.82, 2.24) is 15.3 Å². The van der Waals surface area contributed by atoms with E-state index in [2.05, 4.69) is 27.1 Å². The summed E-state index contributed by atoms with van der Waals surface area (Å²) in [5.74, 6) is 0.916. The molecule has 1 aliphatic heterocycles. The van der Waals surface area contributed by atoms with Crippen molar-refractivity contribution >= 4 is 17.4 Å². The highest BCUT2D eigenvalue weighted by Crippen LogP contribution is 2.16. The number of aromatic nitrogens is 2. The van der Waals surface area contributed by atoms with Gasteiger partial charge in [-0.3, -0.25) is 0 Å². The van der Waals surface area contributed by atoms with E-state index >= 15 is 0 Å². The first-order chi connectivity index (χ1) is 6.77. The molecule has 0 aromatic carbocycles. The Hall–Kier alpha value is -0.870. The third-order valence-corrected chi connectivity index (χ3v) is 2.59. The minimum atomic E-state index is 0.313. The number of nitrogens with one attached hydrogen (secondary N) is 1. The molecule has 0 radical (unpaired) electrons. The molecule has 1 fully saturated rings. The summed E-state index contributed by atoms with van der Waals surface area (Å²) in [6, 6.07) is 2.35. The van der Waals surface area contributed by atoms with Crippen LogP contribution in [0.1, 0.15) is 6.92 Å². The second kappa shape index (κ2) is 4.11. The van der Waals surface area contributed by atoms with Crippen LogP contribution in [-0.2, 0) is 0 Å². The van der Waals surface area contributed by atoms with Gasteiger partial charge in [-0.1, -0.05) is 0 Å². The zero-order valence-corrected chi connectivity index (χ0v) is 8.83. The van der Waals surface area contributed by atoms with Gasteiger partial charge in [0.15, 0.2) is 0 Å². The molecule has 1 atom stereocenters. The van der Waals surface area contributed by atoms with E-state index < -0.39 is 0 Å². The molecule has 1 aromatic rings. The molecule has 4 nitrogen and oxygen atoms in total. The number of nitrogens with zero attached hydrogens (tertiary/aromatic N) is 3. The van der Waals surface area contributed by atoms with E-state index in [9.17, 15) is 0 Å². The molecule has 0 spiro atoms. The largest absolute Gasteiger partial charge is 0.351 e. The highest BCUT2D eigenvalue weighted by Gasteiger charge is 2.19. The molecule has 1 N–H and O–H groups in total. The summed E-state index contributed by atoms with van der Waals surface area (Å²) in [4.78, 5) is 10.3. The maximum absolute atomic E-state index is 5.75. The average molecular weight is 213 g/mol. The second-order valence-electron chi connectivity index (χ2n) is 3.43. The van der Waals surface area contributed by atoms with Crippen LogP contribution in [0, 0.1) is 0 Å². The van der Waals surface area contributed by atoms with Gasteiger partial charge in [0.05, 0.1) is 0 Å². The van der Waals surface area contributed by atoms with Gasteiger partial charge in [0, 0.05) is 31.9 Å². The smallest absolute Gasteiger partial charge is 0.224 e. The highest BCUT2D eigenvalue weighted by atomic mass is 35.5. The molecule has 5 heteroatoms. The summed E-state index contributed by atoms with van der Waals surface area (Å²) in [6.45, 7) is 5.12. The molecule has 76 valence electrons. The molecule has 0 unspecified atom stereocenters. The Bertz CT molecular complexity index is 317. The summed E-state index contributed by atoms with van der Waals surface area (Å²) in [5.41, 5.74) is 0. The standard InChI is InChI=1S/C9H13ClN4/c1-7-6-11-4-5-14(7)8-2-3-12-9(10)13-8/h2-3,7,11H,4-6H2,1H3/t7-/m1/s1. The predicted octanol–water partition coefficient (Wildman–Crippen LogP) is 0.928. The number of hydrogen-bond acceptors (Lipinski definition) is 4. The van der Waals surface area contributed by atoms with Crippen LogP contribution in [-0.4, -0.2) is 35.6 Å². The summed E-state index contributed by atoms with van der Waals surface area (Å²) < 4.78 is 0. The molecule has 14 heavy (non-hydrogen) atoms. The Morgan fingerprint density at radius 3 is 3.21 bits per heavy atom. The minimum absolute atomic E-state index is 0.313. The topological polar surface area (TPSA) is 41.0 Å². The van der Waals surface area contributed by atoms with Crippen LogP contribution in [0.4, 0.5) is 5.82 Å². The molecule has 0 bridgehead atoms. The van der Waals surface area contributed by atoms with Crippen LogP contribution < -0.4 is 10.2 Å². The van der Waals surface area contributed by atoms with Crippen LogP contribution in [0.25, 0.3) is 0 Å². The van der Waals surface area contributed by atoms with Gasteiger partial charge in [-0.25, -0.2) is 9.97 Å². The van der Waals surface area contributed by atoms with Gasteiger partial charge in [-0.2, -0.15) is 0 Å². The van der Waals surface area contributed by atoms with Crippen LogP contribution in [0.5, 0.6) is 0 Å². The molecule has 1 aliphatic rings. The fraction of sp³-hybridized carbons (Fsp3) is 0.556. The van der Waals surface area contributed by atoms with Gasteiger partial charge < -0.3 is 10.2 Å². The van der Waals surface area contributed by atoms with Crippen LogP contribution in [0.2, 0.25) is 5.28 Å². The van der Waals surface area contributed by atoms with E-state index in [4.69, 9.17) is 11.6 Å². The van der Waals surface area contributed by atoms with Crippen molar-refractivity contribution in [2.75, 3.05) is 24.5 Å². The highest BCUT2D eigenvalue weighted by molar-refractivity contribution is 6.28. The predicted molar refractivity (Wildman–Crippen MR) is 56.7 cm³/mol. The van der Waals surface area contributed by atoms with Gasteiger partial charge in [0.25, 0.3) is 0 Å². The Morgan fingerprint density at radius 2 is 2.50 bits per heavy atom. The molecule has 1 aromatic heterocycles. The SMILES string of the molecule is C[C@@H]1CNCCN1c1ccnc(Cl)n1. The molecular formula is C9H13ClN4. The van der Waals surface area contributed by atoms with Crippen LogP contribution in [0.15, 0.2) is 12.3 Å². The van der Waals surface area contributed by atoms with E-state index in [1.54, 1.807) is 6.20 Å². The monoisotopic (exact) mass is 212 g/mol. The van der Waals surface area contributed by atoms with Crippen molar-refractivity contribution in [2.24, 2.45) is 0 Å². The summed E-state index contributed by atoms with van der Waals surface area (Å²) in [7, 11) is 0. The Labute approximate surface area is 88.3 Å². The Kier molecular flexibility index (Phi) is 2.84. The van der Waals surface area contributed by atoms with Gasteiger partial charge in [-0.05, 0) is 24.6 Å². The van der Waals surface area contributed by atoms with Crippen molar-refractivity contribution in [3.05, 3.63) is 17.5 Å². The zero-order chi connectivity index (χ0) is 9.97. The van der Waals surface area contributed by atoms with E-state index in [0.29, 0.717) is 11.3 Å². The maximum atomic E-state index is 5.75. The summed E-state index contributed by atoms with van der Waals surface area (Å²) >= 11 is 5.75. The minimum Gasteiger partial charge on any atom is -0.351 e. The van der Waals surface area contributed by atoms with Crippen molar-refractivity contribution in [3.8, 4) is 0 Å². The Morgan fingerprint density at radius 1 is 1.64 bits per heavy atom. The van der Waals surface area contributed by atoms with Crippen molar-refractivity contribution < 1.29 is 0 Å². The number of piperazine rings is 1. The van der Waals surface area contributed by atoms with Gasteiger partial charge in [-0.15, -0.1) is 0 Å². The summed E-state index contributed by atoms with van der Waals surface area (Å²) in [6.07, 6.45) is 1.69. The van der Waals surface area contributed by atoms with Crippen molar-refractivity contribution in [1.29, 1.82) is 0 Å². The first-order valence-corrected chi connectivity index (χ1v) is 5.11. The third kappa shape index (κ3) is 1.96. The van der Waals surface area contributed by atoms with Gasteiger partial charge in [0.1, 0.15) is 5.82 Å². The zero-order valence-electron chi connectivity index (χ0n) is 8.07. The molecule has 2 rings (SSSR count). The van der Waals surface area contributed by atoms with Crippen LogP contribution in [0.3, 0.4) is 0 Å². The number of anilines is 1. The molecule has 0 amide bonds. The van der Waals surface area contributed by atoms with E-state index in [1.807, 2.05) is 6.07 Å². The van der Waals surface area contributed by atoms with E-state index in [1.165, 1.54) is 0 Å². The Balaban J connectivity index is 2.20. The van der Waals surface area contributed by atoms with Crippen LogP contribution >= 0.6 is 11.6 Å². The number of hydrogen-bond donors (Lipinski definition) is 1. The lowest BCUT2D eigenvalue weighted by molar-refractivity contribution is 0.497. The molecule has 1 saturated heterocycles. The number of rotatable bonds is 1.